The molecular weight excluding hydrogens is 196 g/mol. The summed E-state index contributed by atoms with van der Waals surface area (Å²) in [6, 6.07) is 0.428. The second kappa shape index (κ2) is 8.00. The van der Waals surface area contributed by atoms with Crippen LogP contribution in [0.2, 0.25) is 0 Å². The van der Waals surface area contributed by atoms with Gasteiger partial charge < -0.3 is 15.4 Å². The Morgan fingerprint density at radius 2 is 2.00 bits per heavy atom. The van der Waals surface area contributed by atoms with Crippen molar-refractivity contribution in [3.8, 4) is 0 Å². The van der Waals surface area contributed by atoms with Crippen LogP contribution in [0.25, 0.3) is 0 Å². The summed E-state index contributed by atoms with van der Waals surface area (Å²) in [4.78, 5) is 0. The van der Waals surface area contributed by atoms with Crippen molar-refractivity contribution in [2.45, 2.75) is 33.2 Å². The minimum Gasteiger partial charge on any atom is -0.383 e. The zero-order valence-corrected chi connectivity index (χ0v) is 10.4. The van der Waals surface area contributed by atoms with Gasteiger partial charge in [0.25, 0.3) is 0 Å². The lowest BCUT2D eigenvalue weighted by molar-refractivity contribution is 0.204. The Balaban J connectivity index is 3.50. The summed E-state index contributed by atoms with van der Waals surface area (Å²) in [5.41, 5.74) is 0. The first kappa shape index (κ1) is 13.7. The van der Waals surface area contributed by atoms with E-state index >= 15 is 0 Å². The van der Waals surface area contributed by atoms with Crippen molar-refractivity contribution >= 4 is 17.3 Å². The van der Waals surface area contributed by atoms with E-state index in [2.05, 4.69) is 31.4 Å². The third-order valence-electron chi connectivity index (χ3n) is 1.79. The Hall–Kier alpha value is -0.350. The average Bonchev–Trinajstić information content (AvgIpc) is 2.02. The van der Waals surface area contributed by atoms with E-state index in [0.29, 0.717) is 18.6 Å². The van der Waals surface area contributed by atoms with E-state index < -0.39 is 0 Å². The fourth-order valence-corrected chi connectivity index (χ4v) is 1.61. The van der Waals surface area contributed by atoms with Crippen LogP contribution in [-0.2, 0) is 4.74 Å². The highest BCUT2D eigenvalue weighted by Gasteiger charge is 2.05. The molecule has 0 aliphatic rings. The number of hydrogen-bond acceptors (Lipinski definition) is 2. The van der Waals surface area contributed by atoms with Gasteiger partial charge in [0.05, 0.1) is 6.61 Å². The monoisotopic (exact) mass is 218 g/mol. The van der Waals surface area contributed by atoms with Crippen molar-refractivity contribution in [2.75, 3.05) is 20.3 Å². The predicted molar refractivity (Wildman–Crippen MR) is 64.5 cm³/mol. The number of thiocarbonyl (C=S) groups is 1. The molecule has 84 valence electrons. The van der Waals surface area contributed by atoms with Gasteiger partial charge in [-0.15, -0.1) is 0 Å². The molecule has 0 aliphatic carbocycles. The highest BCUT2D eigenvalue weighted by Crippen LogP contribution is 2.03. The average molecular weight is 218 g/mol. The molecule has 0 amide bonds. The molecule has 0 bridgehead atoms. The van der Waals surface area contributed by atoms with Crippen LogP contribution in [-0.4, -0.2) is 31.4 Å². The smallest absolute Gasteiger partial charge is 0.166 e. The summed E-state index contributed by atoms with van der Waals surface area (Å²) < 4.78 is 4.91. The van der Waals surface area contributed by atoms with E-state index in [9.17, 15) is 0 Å². The van der Waals surface area contributed by atoms with Crippen molar-refractivity contribution in [3.05, 3.63) is 0 Å². The molecule has 1 atom stereocenters. The van der Waals surface area contributed by atoms with Crippen LogP contribution in [0, 0.1) is 5.92 Å². The maximum atomic E-state index is 5.12. The largest absolute Gasteiger partial charge is 0.383 e. The Labute approximate surface area is 92.6 Å². The number of methoxy groups -OCH3 is 1. The summed E-state index contributed by atoms with van der Waals surface area (Å²) in [5.74, 6) is 0.694. The number of ether oxygens (including phenoxy) is 1. The summed E-state index contributed by atoms with van der Waals surface area (Å²) in [6.07, 6.45) is 1.13. The molecule has 0 saturated carbocycles. The van der Waals surface area contributed by atoms with Crippen LogP contribution < -0.4 is 10.6 Å². The molecule has 0 spiro atoms. The molecule has 0 aromatic carbocycles. The van der Waals surface area contributed by atoms with Crippen LogP contribution in [0.15, 0.2) is 0 Å². The molecule has 0 aromatic rings. The lowest BCUT2D eigenvalue weighted by Crippen LogP contribution is -2.42. The number of hydrogen-bond donors (Lipinski definition) is 2. The van der Waals surface area contributed by atoms with Crippen molar-refractivity contribution in [2.24, 2.45) is 5.92 Å². The van der Waals surface area contributed by atoms with Gasteiger partial charge in [0.15, 0.2) is 5.11 Å². The Kier molecular flexibility index (Phi) is 7.80. The normalized spacial score (nSPS) is 12.6. The van der Waals surface area contributed by atoms with Crippen LogP contribution in [0.3, 0.4) is 0 Å². The van der Waals surface area contributed by atoms with Gasteiger partial charge in [-0.25, -0.2) is 0 Å². The lowest BCUT2D eigenvalue weighted by atomic mass is 10.1. The van der Waals surface area contributed by atoms with Gasteiger partial charge >= 0.3 is 0 Å². The van der Waals surface area contributed by atoms with Crippen LogP contribution in [0.4, 0.5) is 0 Å². The van der Waals surface area contributed by atoms with Crippen LogP contribution >= 0.6 is 12.2 Å². The third-order valence-corrected chi connectivity index (χ3v) is 2.06. The molecule has 0 aromatic heterocycles. The van der Waals surface area contributed by atoms with Crippen LogP contribution in [0.5, 0.6) is 0 Å². The van der Waals surface area contributed by atoms with Gasteiger partial charge in [-0.1, -0.05) is 13.8 Å². The summed E-state index contributed by atoms with van der Waals surface area (Å²) in [6.45, 7) is 8.00. The van der Waals surface area contributed by atoms with Gasteiger partial charge in [0.2, 0.25) is 0 Å². The molecule has 4 heteroatoms. The van der Waals surface area contributed by atoms with Crippen LogP contribution in [0.1, 0.15) is 27.2 Å². The topological polar surface area (TPSA) is 33.3 Å². The fraction of sp³-hybridized carbons (Fsp3) is 0.900. The van der Waals surface area contributed by atoms with E-state index in [1.807, 2.05) is 0 Å². The molecular formula is C10H22N2OS. The highest BCUT2D eigenvalue weighted by atomic mass is 32.1. The maximum absolute atomic E-state index is 5.12. The summed E-state index contributed by atoms with van der Waals surface area (Å²) >= 11 is 5.12. The zero-order chi connectivity index (χ0) is 11.0. The first-order chi connectivity index (χ1) is 6.56. The Morgan fingerprint density at radius 3 is 2.50 bits per heavy atom. The van der Waals surface area contributed by atoms with Gasteiger partial charge in [-0.2, -0.15) is 0 Å². The predicted octanol–water partition coefficient (Wildman–Crippen LogP) is 1.53. The van der Waals surface area contributed by atoms with Gasteiger partial charge in [-0.05, 0) is 31.5 Å². The molecule has 3 nitrogen and oxygen atoms in total. The van der Waals surface area contributed by atoms with E-state index in [0.717, 1.165) is 18.1 Å². The van der Waals surface area contributed by atoms with E-state index in [4.69, 9.17) is 17.0 Å². The van der Waals surface area contributed by atoms with Gasteiger partial charge in [0.1, 0.15) is 0 Å². The number of rotatable bonds is 6. The molecule has 0 fully saturated rings. The number of nitrogens with one attached hydrogen (secondary N) is 2. The second-order valence-corrected chi connectivity index (χ2v) is 4.33. The molecule has 0 heterocycles. The molecule has 0 saturated heterocycles. The quantitative estimate of drug-likeness (QED) is 0.523. The lowest BCUT2D eigenvalue weighted by Gasteiger charge is -2.18. The van der Waals surface area contributed by atoms with E-state index in [1.165, 1.54) is 0 Å². The van der Waals surface area contributed by atoms with Gasteiger partial charge in [-0.3, -0.25) is 0 Å². The van der Waals surface area contributed by atoms with E-state index in [-0.39, 0.29) is 0 Å². The van der Waals surface area contributed by atoms with Gasteiger partial charge in [0, 0.05) is 19.7 Å². The second-order valence-electron chi connectivity index (χ2n) is 3.92. The zero-order valence-electron chi connectivity index (χ0n) is 9.59. The SMILES string of the molecule is COCCNC(=S)NC(C)CC(C)C. The summed E-state index contributed by atoms with van der Waals surface area (Å²) in [7, 11) is 1.68. The van der Waals surface area contributed by atoms with Crippen molar-refractivity contribution in [1.29, 1.82) is 0 Å². The fourth-order valence-electron chi connectivity index (χ4n) is 1.31. The standard InChI is InChI=1S/C10H22N2OS/c1-8(2)7-9(3)12-10(14)11-5-6-13-4/h8-9H,5-7H2,1-4H3,(H2,11,12,14). The third kappa shape index (κ3) is 8.26. The minimum absolute atomic E-state index is 0.428. The molecule has 2 N–H and O–H groups in total. The molecule has 0 aliphatic heterocycles. The Morgan fingerprint density at radius 1 is 1.36 bits per heavy atom. The van der Waals surface area contributed by atoms with Crippen molar-refractivity contribution < 1.29 is 4.74 Å². The molecule has 1 unspecified atom stereocenters. The summed E-state index contributed by atoms with van der Waals surface area (Å²) in [5, 5.41) is 7.04. The molecule has 14 heavy (non-hydrogen) atoms. The van der Waals surface area contributed by atoms with Crippen molar-refractivity contribution in [3.63, 3.8) is 0 Å². The Bertz CT molecular complexity index is 162. The molecule has 0 rings (SSSR count). The van der Waals surface area contributed by atoms with E-state index in [1.54, 1.807) is 7.11 Å². The van der Waals surface area contributed by atoms with Crippen molar-refractivity contribution in [1.82, 2.24) is 10.6 Å². The first-order valence-electron chi connectivity index (χ1n) is 5.09. The maximum Gasteiger partial charge on any atom is 0.166 e. The minimum atomic E-state index is 0.428. The first-order valence-corrected chi connectivity index (χ1v) is 5.50. The molecule has 0 radical (unpaired) electrons. The highest BCUT2D eigenvalue weighted by molar-refractivity contribution is 7.80.